The SMILES string of the molecule is Cc1nc2cc(-c3ncc(Cc4ccc(F)cc4)s3)nn2c(N2CCC(C)(C)CC2)c1[C@H](OC(C)(C)C)C(=O)O. The highest BCUT2D eigenvalue weighted by Gasteiger charge is 2.36. The summed E-state index contributed by atoms with van der Waals surface area (Å²) in [6.45, 7) is 13.5. The van der Waals surface area contributed by atoms with Gasteiger partial charge in [0.15, 0.2) is 11.8 Å². The second kappa shape index (κ2) is 10.6. The topological polar surface area (TPSA) is 92.9 Å². The first-order valence-corrected chi connectivity index (χ1v) is 14.4. The van der Waals surface area contributed by atoms with Crippen LogP contribution in [0.25, 0.3) is 16.3 Å². The number of hydrogen-bond acceptors (Lipinski definition) is 7. The van der Waals surface area contributed by atoms with Gasteiger partial charge < -0.3 is 14.7 Å². The van der Waals surface area contributed by atoms with Crippen LogP contribution in [0, 0.1) is 18.2 Å². The van der Waals surface area contributed by atoms with Crippen LogP contribution in [0.2, 0.25) is 0 Å². The van der Waals surface area contributed by atoms with Crippen LogP contribution in [0.1, 0.15) is 75.3 Å². The molecule has 40 heavy (non-hydrogen) atoms. The minimum Gasteiger partial charge on any atom is -0.479 e. The molecule has 0 aliphatic carbocycles. The second-order valence-corrected chi connectivity index (χ2v) is 13.4. The Morgan fingerprint density at radius 3 is 2.50 bits per heavy atom. The van der Waals surface area contributed by atoms with Crippen molar-refractivity contribution in [3.05, 3.63) is 64.0 Å². The van der Waals surface area contributed by atoms with Gasteiger partial charge in [-0.05, 0) is 63.6 Å². The number of fused-ring (bicyclic) bond motifs is 1. The lowest BCUT2D eigenvalue weighted by molar-refractivity contribution is -0.160. The van der Waals surface area contributed by atoms with Crippen LogP contribution in [0.5, 0.6) is 0 Å². The predicted octanol–water partition coefficient (Wildman–Crippen LogP) is 6.46. The maximum absolute atomic E-state index is 13.3. The van der Waals surface area contributed by atoms with Gasteiger partial charge in [-0.2, -0.15) is 9.61 Å². The van der Waals surface area contributed by atoms with E-state index in [4.69, 9.17) is 14.8 Å². The van der Waals surface area contributed by atoms with Crippen LogP contribution in [0.4, 0.5) is 10.2 Å². The number of carbonyl (C=O) groups is 1. The maximum Gasteiger partial charge on any atom is 0.337 e. The second-order valence-electron chi connectivity index (χ2n) is 12.3. The Labute approximate surface area is 237 Å². The van der Waals surface area contributed by atoms with Crippen molar-refractivity contribution in [2.24, 2.45) is 5.41 Å². The van der Waals surface area contributed by atoms with E-state index in [1.165, 1.54) is 23.5 Å². The number of rotatable bonds is 7. The molecular formula is C30H36FN5O3S. The van der Waals surface area contributed by atoms with Crippen LogP contribution >= 0.6 is 11.3 Å². The fourth-order valence-corrected chi connectivity index (χ4v) is 5.95. The van der Waals surface area contributed by atoms with Gasteiger partial charge in [0.1, 0.15) is 22.3 Å². The van der Waals surface area contributed by atoms with Crippen LogP contribution in [0.3, 0.4) is 0 Å². The number of nitrogens with zero attached hydrogens (tertiary/aromatic N) is 5. The summed E-state index contributed by atoms with van der Waals surface area (Å²) in [5.41, 5.74) is 2.97. The average Bonchev–Trinajstić information content (AvgIpc) is 3.50. The summed E-state index contributed by atoms with van der Waals surface area (Å²) in [5, 5.41) is 16.0. The lowest BCUT2D eigenvalue weighted by atomic mass is 9.82. The summed E-state index contributed by atoms with van der Waals surface area (Å²) in [5.74, 6) is -0.605. The molecule has 0 radical (unpaired) electrons. The monoisotopic (exact) mass is 565 g/mol. The molecule has 1 fully saturated rings. The number of halogens is 1. The highest BCUT2D eigenvalue weighted by atomic mass is 32.1. The first kappa shape index (κ1) is 28.2. The van der Waals surface area contributed by atoms with Crippen molar-refractivity contribution in [1.29, 1.82) is 0 Å². The smallest absolute Gasteiger partial charge is 0.337 e. The molecule has 1 aliphatic heterocycles. The zero-order chi connectivity index (χ0) is 28.8. The molecular weight excluding hydrogens is 529 g/mol. The van der Waals surface area contributed by atoms with E-state index in [1.54, 1.807) is 16.6 Å². The fourth-order valence-electron chi connectivity index (χ4n) is 5.05. The Balaban J connectivity index is 1.59. The normalized spacial score (nSPS) is 16.4. The molecule has 4 heterocycles. The molecule has 3 aromatic heterocycles. The highest BCUT2D eigenvalue weighted by molar-refractivity contribution is 7.15. The van der Waals surface area contributed by atoms with Crippen LogP contribution in [-0.2, 0) is 16.0 Å². The number of anilines is 1. The van der Waals surface area contributed by atoms with E-state index in [0.29, 0.717) is 34.8 Å². The fraction of sp³-hybridized carbons (Fsp3) is 0.467. The molecule has 0 unspecified atom stereocenters. The molecule has 4 aromatic rings. The van der Waals surface area contributed by atoms with E-state index in [0.717, 1.165) is 41.4 Å². The average molecular weight is 566 g/mol. The molecule has 0 saturated carbocycles. The van der Waals surface area contributed by atoms with Crippen molar-refractivity contribution >= 4 is 28.8 Å². The molecule has 5 rings (SSSR count). The Hall–Kier alpha value is -3.37. The number of benzene rings is 1. The first-order valence-electron chi connectivity index (χ1n) is 13.5. The minimum absolute atomic E-state index is 0.211. The molecule has 212 valence electrons. The third kappa shape index (κ3) is 6.02. The van der Waals surface area contributed by atoms with E-state index < -0.39 is 17.7 Å². The third-order valence-electron chi connectivity index (χ3n) is 7.24. The van der Waals surface area contributed by atoms with Gasteiger partial charge >= 0.3 is 5.97 Å². The minimum atomic E-state index is -1.20. The number of piperidine rings is 1. The Bertz CT molecular complexity index is 1530. The van der Waals surface area contributed by atoms with E-state index >= 15 is 0 Å². The van der Waals surface area contributed by atoms with Crippen LogP contribution in [-0.4, -0.2) is 49.3 Å². The van der Waals surface area contributed by atoms with Gasteiger partial charge in [-0.1, -0.05) is 26.0 Å². The van der Waals surface area contributed by atoms with Gasteiger partial charge in [0.2, 0.25) is 0 Å². The van der Waals surface area contributed by atoms with Gasteiger partial charge in [0.05, 0.1) is 11.2 Å². The van der Waals surface area contributed by atoms with E-state index in [2.05, 4.69) is 23.7 Å². The molecule has 1 aliphatic rings. The van der Waals surface area contributed by atoms with Crippen molar-refractivity contribution < 1.29 is 19.0 Å². The number of carboxylic acids is 1. The van der Waals surface area contributed by atoms with Crippen LogP contribution < -0.4 is 4.90 Å². The van der Waals surface area contributed by atoms with Crippen LogP contribution in [0.15, 0.2) is 36.5 Å². The number of aromatic nitrogens is 4. The molecule has 10 heteroatoms. The van der Waals surface area contributed by atoms with Crippen molar-refractivity contribution in [3.63, 3.8) is 0 Å². The quantitative estimate of drug-likeness (QED) is 0.275. The standard InChI is InChI=1S/C30H36FN5O3S/c1-18-24(25(28(37)38)39-29(2,3)4)27(35-13-11-30(5,6)12-14-35)36-23(33-18)16-22(34-36)26-32-17-21(40-26)15-19-7-9-20(31)10-8-19/h7-10,16-17,25H,11-15H2,1-6H3,(H,37,38)/t25-/m0/s1. The molecule has 0 bridgehead atoms. The van der Waals surface area contributed by atoms with Gasteiger partial charge in [-0.25, -0.2) is 19.2 Å². The Morgan fingerprint density at radius 2 is 1.88 bits per heavy atom. The summed E-state index contributed by atoms with van der Waals surface area (Å²) in [4.78, 5) is 25.2. The molecule has 1 aromatic carbocycles. The van der Waals surface area contributed by atoms with Gasteiger partial charge in [0.25, 0.3) is 0 Å². The first-order chi connectivity index (χ1) is 18.8. The zero-order valence-electron chi connectivity index (χ0n) is 23.9. The summed E-state index contributed by atoms with van der Waals surface area (Å²) < 4.78 is 21.2. The van der Waals surface area contributed by atoms with Gasteiger partial charge in [-0.15, -0.1) is 11.3 Å². The van der Waals surface area contributed by atoms with Crippen molar-refractivity contribution in [1.82, 2.24) is 19.6 Å². The number of thiazole rings is 1. The van der Waals surface area contributed by atoms with Gasteiger partial charge in [0, 0.05) is 42.3 Å². The summed E-state index contributed by atoms with van der Waals surface area (Å²) in [6.07, 6.45) is 3.22. The number of ether oxygens (including phenoxy) is 1. The van der Waals surface area contributed by atoms with E-state index in [-0.39, 0.29) is 11.2 Å². The Kier molecular flexibility index (Phi) is 7.43. The van der Waals surface area contributed by atoms with E-state index in [9.17, 15) is 14.3 Å². The predicted molar refractivity (Wildman–Crippen MR) is 154 cm³/mol. The summed E-state index contributed by atoms with van der Waals surface area (Å²) in [6, 6.07) is 8.37. The maximum atomic E-state index is 13.3. The molecule has 8 nitrogen and oxygen atoms in total. The van der Waals surface area contributed by atoms with Crippen molar-refractivity contribution in [2.45, 2.75) is 72.5 Å². The van der Waals surface area contributed by atoms with Crippen molar-refractivity contribution in [3.8, 4) is 10.7 Å². The summed E-state index contributed by atoms with van der Waals surface area (Å²) in [7, 11) is 0. The lowest BCUT2D eigenvalue weighted by Gasteiger charge is -2.39. The molecule has 1 atom stereocenters. The lowest BCUT2D eigenvalue weighted by Crippen LogP contribution is -2.40. The molecule has 0 amide bonds. The molecule has 0 spiro atoms. The Morgan fingerprint density at radius 1 is 1.20 bits per heavy atom. The van der Waals surface area contributed by atoms with E-state index in [1.807, 2.05) is 40.0 Å². The molecule has 1 N–H and O–H groups in total. The number of carboxylic acid groups (broad SMARTS) is 1. The summed E-state index contributed by atoms with van der Waals surface area (Å²) >= 11 is 1.53. The molecule has 1 saturated heterocycles. The number of aryl methyl sites for hydroxylation is 1. The number of hydrogen-bond donors (Lipinski definition) is 1. The number of aliphatic carboxylic acids is 1. The van der Waals surface area contributed by atoms with Crippen molar-refractivity contribution in [2.75, 3.05) is 18.0 Å². The van der Waals surface area contributed by atoms with Gasteiger partial charge in [-0.3, -0.25) is 0 Å². The highest BCUT2D eigenvalue weighted by Crippen LogP contribution is 2.39. The third-order valence-corrected chi connectivity index (χ3v) is 8.26. The largest absolute Gasteiger partial charge is 0.479 e. The zero-order valence-corrected chi connectivity index (χ0v) is 24.7.